The molecule has 212 valence electrons. The molecule has 7 nitrogen and oxygen atoms in total. The first-order chi connectivity index (χ1) is 18.5. The standard InChI is InChI=1S/C30H40Cl2N4O3/c1-19(28-24(31)9-6-10-25(28)32)38-26-15-21(17-36-29(26)34)22(16-33)18-35-23-8-5-7-20(11-13-23)12-14-27(37)39-30(2,3)4/h6,9-10,15-20,23,33,35H,5,7-8,11-14H2,1-4H3,(H2,34,36)/b22-18+,33-16?. The monoisotopic (exact) mass is 574 g/mol. The van der Waals surface area contributed by atoms with Crippen molar-refractivity contribution in [3.63, 3.8) is 0 Å². The second-order valence-electron chi connectivity index (χ2n) is 11.1. The van der Waals surface area contributed by atoms with Gasteiger partial charge in [-0.05, 0) is 77.5 Å². The van der Waals surface area contributed by atoms with Crippen LogP contribution in [-0.2, 0) is 9.53 Å². The molecule has 1 heterocycles. The molecule has 0 bridgehead atoms. The maximum Gasteiger partial charge on any atom is 0.306 e. The summed E-state index contributed by atoms with van der Waals surface area (Å²) in [5, 5.41) is 12.5. The summed E-state index contributed by atoms with van der Waals surface area (Å²) in [7, 11) is 0. The molecule has 0 saturated heterocycles. The van der Waals surface area contributed by atoms with Gasteiger partial charge >= 0.3 is 5.97 Å². The highest BCUT2D eigenvalue weighted by Crippen LogP contribution is 2.35. The fourth-order valence-electron chi connectivity index (χ4n) is 4.82. The number of aromatic nitrogens is 1. The Kier molecular flexibility index (Phi) is 11.1. The van der Waals surface area contributed by atoms with Crippen LogP contribution in [0.2, 0.25) is 10.0 Å². The predicted molar refractivity (Wildman–Crippen MR) is 159 cm³/mol. The minimum absolute atomic E-state index is 0.121. The minimum Gasteiger partial charge on any atom is -0.482 e. The minimum atomic E-state index is -0.453. The Balaban J connectivity index is 1.61. The largest absolute Gasteiger partial charge is 0.482 e. The summed E-state index contributed by atoms with van der Waals surface area (Å²) >= 11 is 12.7. The zero-order valence-electron chi connectivity index (χ0n) is 23.2. The normalized spacial score (nSPS) is 19.1. The highest BCUT2D eigenvalue weighted by atomic mass is 35.5. The molecule has 2 aromatic rings. The molecule has 0 amide bonds. The fraction of sp³-hybridized carbons (Fsp3) is 0.500. The van der Waals surface area contributed by atoms with Gasteiger partial charge in [-0.15, -0.1) is 0 Å². The van der Waals surface area contributed by atoms with Crippen LogP contribution in [0.15, 0.2) is 36.7 Å². The third kappa shape index (κ3) is 9.43. The number of ether oxygens (including phenoxy) is 2. The van der Waals surface area contributed by atoms with Gasteiger partial charge in [-0.3, -0.25) is 4.79 Å². The Morgan fingerprint density at radius 1 is 1.23 bits per heavy atom. The van der Waals surface area contributed by atoms with Gasteiger partial charge in [0.15, 0.2) is 11.6 Å². The molecule has 39 heavy (non-hydrogen) atoms. The maximum atomic E-state index is 12.1. The third-order valence-electron chi connectivity index (χ3n) is 6.82. The summed E-state index contributed by atoms with van der Waals surface area (Å²) in [6.07, 6.45) is 11.0. The second kappa shape index (κ2) is 14.0. The van der Waals surface area contributed by atoms with E-state index < -0.39 is 11.7 Å². The molecule has 4 N–H and O–H groups in total. The van der Waals surface area contributed by atoms with Crippen molar-refractivity contribution in [2.45, 2.75) is 90.4 Å². The molecule has 0 radical (unpaired) electrons. The summed E-state index contributed by atoms with van der Waals surface area (Å²) < 4.78 is 11.6. The van der Waals surface area contributed by atoms with Gasteiger partial charge in [-0.25, -0.2) is 4.98 Å². The van der Waals surface area contributed by atoms with Gasteiger partial charge in [0.25, 0.3) is 0 Å². The molecule has 1 aromatic carbocycles. The van der Waals surface area contributed by atoms with Crippen LogP contribution in [0.3, 0.4) is 0 Å². The topological polar surface area (TPSA) is 110 Å². The highest BCUT2D eigenvalue weighted by Gasteiger charge is 2.22. The van der Waals surface area contributed by atoms with Crippen molar-refractivity contribution in [3.8, 4) is 5.75 Å². The number of nitrogens with two attached hydrogens (primary N) is 1. The van der Waals surface area contributed by atoms with Gasteiger partial charge in [-0.2, -0.15) is 0 Å². The first kappa shape index (κ1) is 30.8. The van der Waals surface area contributed by atoms with Gasteiger partial charge in [0.05, 0.1) is 0 Å². The smallest absolute Gasteiger partial charge is 0.306 e. The molecule has 1 aliphatic rings. The summed E-state index contributed by atoms with van der Waals surface area (Å²) in [6.45, 7) is 7.54. The molecular weight excluding hydrogens is 535 g/mol. The molecule has 1 fully saturated rings. The number of carbonyl (C=O) groups excluding carboxylic acids is 1. The Morgan fingerprint density at radius 2 is 1.95 bits per heavy atom. The Labute approximate surface area is 242 Å². The molecule has 1 saturated carbocycles. The lowest BCUT2D eigenvalue weighted by atomic mass is 9.95. The first-order valence-corrected chi connectivity index (χ1v) is 14.3. The molecule has 1 aromatic heterocycles. The van der Waals surface area contributed by atoms with E-state index in [9.17, 15) is 4.79 Å². The van der Waals surface area contributed by atoms with Crippen molar-refractivity contribution in [2.75, 3.05) is 5.73 Å². The lowest BCUT2D eigenvalue weighted by Crippen LogP contribution is -2.24. The van der Waals surface area contributed by atoms with E-state index in [1.165, 1.54) is 6.21 Å². The molecule has 0 aliphatic heterocycles. The van der Waals surface area contributed by atoms with Crippen LogP contribution >= 0.6 is 23.2 Å². The van der Waals surface area contributed by atoms with E-state index in [-0.39, 0.29) is 11.8 Å². The van der Waals surface area contributed by atoms with E-state index in [0.29, 0.717) is 50.9 Å². The quantitative estimate of drug-likeness (QED) is 0.152. The van der Waals surface area contributed by atoms with Crippen molar-refractivity contribution in [1.29, 1.82) is 5.41 Å². The number of nitrogens with one attached hydrogen (secondary N) is 2. The van der Waals surface area contributed by atoms with Gasteiger partial charge in [0, 0.05) is 57.8 Å². The summed E-state index contributed by atoms with van der Waals surface area (Å²) in [4.78, 5) is 16.4. The number of esters is 1. The van der Waals surface area contributed by atoms with Crippen LogP contribution in [0.25, 0.3) is 5.57 Å². The van der Waals surface area contributed by atoms with Gasteiger partial charge in [-0.1, -0.05) is 42.1 Å². The van der Waals surface area contributed by atoms with Gasteiger partial charge in [0.1, 0.15) is 11.7 Å². The number of carbonyl (C=O) groups is 1. The van der Waals surface area contributed by atoms with E-state index in [0.717, 1.165) is 38.5 Å². The summed E-state index contributed by atoms with van der Waals surface area (Å²) in [6, 6.07) is 7.38. The second-order valence-corrected chi connectivity index (χ2v) is 11.9. The zero-order valence-corrected chi connectivity index (χ0v) is 24.7. The number of nitrogen functional groups attached to an aromatic ring is 1. The van der Waals surface area contributed by atoms with Crippen LogP contribution in [0.5, 0.6) is 5.75 Å². The number of hydrogen-bond acceptors (Lipinski definition) is 7. The van der Waals surface area contributed by atoms with Crippen molar-refractivity contribution in [3.05, 3.63) is 57.8 Å². The highest BCUT2D eigenvalue weighted by molar-refractivity contribution is 6.36. The lowest BCUT2D eigenvalue weighted by molar-refractivity contribution is -0.155. The number of benzene rings is 1. The van der Waals surface area contributed by atoms with Gasteiger partial charge in [0.2, 0.25) is 0 Å². The Hall–Kier alpha value is -2.77. The molecule has 1 aliphatic carbocycles. The van der Waals surface area contributed by atoms with Crippen LogP contribution in [0.1, 0.15) is 89.9 Å². The zero-order chi connectivity index (χ0) is 28.6. The molecule has 3 unspecified atom stereocenters. The number of allylic oxidation sites excluding steroid dienone is 1. The number of halogens is 2. The van der Waals surface area contributed by atoms with Crippen molar-refractivity contribution in [1.82, 2.24) is 10.3 Å². The fourth-order valence-corrected chi connectivity index (χ4v) is 5.52. The van der Waals surface area contributed by atoms with Gasteiger partial charge < -0.3 is 25.9 Å². The SMILES string of the molecule is CC(Oc1cc(/C(C=N)=C/NC2CCCC(CCC(=O)OC(C)(C)C)CC2)cnc1N)c1c(Cl)cccc1Cl. The molecule has 0 spiro atoms. The van der Waals surface area contributed by atoms with Crippen LogP contribution in [-0.4, -0.2) is 28.8 Å². The van der Waals surface area contributed by atoms with E-state index in [4.69, 9.17) is 43.8 Å². The number of rotatable bonds is 10. The average molecular weight is 576 g/mol. The predicted octanol–water partition coefficient (Wildman–Crippen LogP) is 7.76. The summed E-state index contributed by atoms with van der Waals surface area (Å²) in [5.41, 5.74) is 7.72. The van der Waals surface area contributed by atoms with Crippen LogP contribution < -0.4 is 15.8 Å². The lowest BCUT2D eigenvalue weighted by Gasteiger charge is -2.20. The van der Waals surface area contributed by atoms with E-state index in [1.807, 2.05) is 33.9 Å². The number of anilines is 1. The average Bonchev–Trinajstić information content (AvgIpc) is 3.09. The van der Waals surface area contributed by atoms with Crippen molar-refractivity contribution >= 4 is 46.8 Å². The Morgan fingerprint density at radius 3 is 2.62 bits per heavy atom. The summed E-state index contributed by atoms with van der Waals surface area (Å²) in [5.74, 6) is 1.04. The van der Waals surface area contributed by atoms with Crippen molar-refractivity contribution < 1.29 is 14.3 Å². The van der Waals surface area contributed by atoms with E-state index >= 15 is 0 Å². The van der Waals surface area contributed by atoms with Crippen LogP contribution in [0.4, 0.5) is 5.82 Å². The number of pyridine rings is 1. The molecule has 3 atom stereocenters. The third-order valence-corrected chi connectivity index (χ3v) is 7.48. The van der Waals surface area contributed by atoms with E-state index in [2.05, 4.69) is 10.3 Å². The number of hydrogen-bond donors (Lipinski definition) is 3. The molecular formula is C30H40Cl2N4O3. The van der Waals surface area contributed by atoms with Crippen LogP contribution in [0, 0.1) is 11.3 Å². The first-order valence-electron chi connectivity index (χ1n) is 13.5. The van der Waals surface area contributed by atoms with E-state index in [1.54, 1.807) is 30.5 Å². The number of nitrogens with zero attached hydrogens (tertiary/aromatic N) is 1. The Bertz CT molecular complexity index is 1160. The van der Waals surface area contributed by atoms with Crippen molar-refractivity contribution in [2.24, 2.45) is 5.92 Å². The molecule has 3 rings (SSSR count). The molecule has 9 heteroatoms. The maximum absolute atomic E-state index is 12.1.